The Balaban J connectivity index is 1.15. The largest absolute Gasteiger partial charge is 0.490 e. The maximum absolute atomic E-state index is 14.9. The monoisotopic (exact) mass is 535 g/mol. The van der Waals surface area contributed by atoms with Gasteiger partial charge in [0, 0.05) is 49.8 Å². The van der Waals surface area contributed by atoms with Crippen LogP contribution in [0.3, 0.4) is 0 Å². The van der Waals surface area contributed by atoms with E-state index in [1.54, 1.807) is 18.3 Å². The Hall–Kier alpha value is -3.52. The van der Waals surface area contributed by atoms with Gasteiger partial charge in [-0.3, -0.25) is 4.79 Å². The molecule has 2 fully saturated rings. The van der Waals surface area contributed by atoms with E-state index < -0.39 is 11.6 Å². The number of aromatic nitrogens is 1. The Labute approximate surface area is 225 Å². The SMILES string of the molecule is Cc1cc(OCC2(F)CCOCC2)cc(C)c1-c1ccc(F)c(COc2cc3c(cn2)C2C(C3)C2C(=O)O)c1. The van der Waals surface area contributed by atoms with Crippen molar-refractivity contribution in [2.45, 2.75) is 51.3 Å². The highest BCUT2D eigenvalue weighted by molar-refractivity contribution is 5.77. The van der Waals surface area contributed by atoms with E-state index in [1.807, 2.05) is 32.0 Å². The molecule has 1 saturated heterocycles. The average Bonchev–Trinajstić information content (AvgIpc) is 3.50. The minimum atomic E-state index is -1.38. The molecule has 0 radical (unpaired) electrons. The van der Waals surface area contributed by atoms with Crippen molar-refractivity contribution in [3.63, 3.8) is 0 Å². The number of hydrogen-bond acceptors (Lipinski definition) is 5. The van der Waals surface area contributed by atoms with Crippen molar-refractivity contribution in [2.75, 3.05) is 19.8 Å². The van der Waals surface area contributed by atoms with Crippen molar-refractivity contribution in [2.24, 2.45) is 11.8 Å². The molecule has 2 aromatic carbocycles. The van der Waals surface area contributed by atoms with Gasteiger partial charge in [-0.05, 0) is 83.8 Å². The Morgan fingerprint density at radius 3 is 2.59 bits per heavy atom. The normalized spacial score (nSPS) is 22.6. The Morgan fingerprint density at radius 2 is 1.87 bits per heavy atom. The minimum Gasteiger partial charge on any atom is -0.490 e. The van der Waals surface area contributed by atoms with Crippen LogP contribution in [0.2, 0.25) is 0 Å². The minimum absolute atomic E-state index is 0.00912. The fourth-order valence-electron chi connectivity index (χ4n) is 6.23. The van der Waals surface area contributed by atoms with Gasteiger partial charge in [0.25, 0.3) is 0 Å². The molecule has 3 aromatic rings. The van der Waals surface area contributed by atoms with Crippen LogP contribution in [-0.4, -0.2) is 41.5 Å². The third-order valence-corrected chi connectivity index (χ3v) is 8.37. The van der Waals surface area contributed by atoms with E-state index in [0.29, 0.717) is 49.7 Å². The molecule has 6 rings (SSSR count). The number of halogens is 2. The van der Waals surface area contributed by atoms with E-state index in [1.165, 1.54) is 6.07 Å². The molecule has 2 aliphatic carbocycles. The van der Waals surface area contributed by atoms with Crippen molar-refractivity contribution in [1.82, 2.24) is 4.98 Å². The second-order valence-electron chi connectivity index (χ2n) is 11.1. The highest BCUT2D eigenvalue weighted by atomic mass is 19.1. The summed E-state index contributed by atoms with van der Waals surface area (Å²) in [6.07, 6.45) is 3.07. The van der Waals surface area contributed by atoms with E-state index >= 15 is 0 Å². The van der Waals surface area contributed by atoms with Crippen LogP contribution in [0, 0.1) is 31.5 Å². The summed E-state index contributed by atoms with van der Waals surface area (Å²) < 4.78 is 46.6. The molecule has 0 spiro atoms. The van der Waals surface area contributed by atoms with Gasteiger partial charge in [-0.2, -0.15) is 0 Å². The first-order valence-electron chi connectivity index (χ1n) is 13.4. The Morgan fingerprint density at radius 1 is 1.13 bits per heavy atom. The number of rotatable bonds is 8. The van der Waals surface area contributed by atoms with Gasteiger partial charge in [0.15, 0.2) is 0 Å². The van der Waals surface area contributed by atoms with Crippen LogP contribution in [0.1, 0.15) is 46.6 Å². The van der Waals surface area contributed by atoms with Crippen LogP contribution in [0.5, 0.6) is 11.6 Å². The molecule has 1 aromatic heterocycles. The van der Waals surface area contributed by atoms with Gasteiger partial charge < -0.3 is 19.3 Å². The topological polar surface area (TPSA) is 77.9 Å². The first-order chi connectivity index (χ1) is 18.7. The number of pyridine rings is 1. The number of benzene rings is 2. The van der Waals surface area contributed by atoms with Crippen LogP contribution < -0.4 is 9.47 Å². The van der Waals surface area contributed by atoms with Gasteiger partial charge >= 0.3 is 5.97 Å². The summed E-state index contributed by atoms with van der Waals surface area (Å²) in [5.41, 5.74) is 4.79. The molecule has 3 atom stereocenters. The number of nitrogens with zero attached hydrogens (tertiary/aromatic N) is 1. The fraction of sp³-hybridized carbons (Fsp3) is 0.419. The van der Waals surface area contributed by atoms with E-state index in [4.69, 9.17) is 14.2 Å². The van der Waals surface area contributed by atoms with Gasteiger partial charge in [0.2, 0.25) is 5.88 Å². The zero-order valence-corrected chi connectivity index (χ0v) is 22.0. The molecule has 2 heterocycles. The Kier molecular flexibility index (Phi) is 6.53. The molecule has 1 saturated carbocycles. The fourth-order valence-corrected chi connectivity index (χ4v) is 6.23. The zero-order chi connectivity index (χ0) is 27.3. The number of carboxylic acids is 1. The molecule has 3 unspecified atom stereocenters. The van der Waals surface area contributed by atoms with E-state index in [2.05, 4.69) is 4.98 Å². The number of hydrogen-bond donors (Lipinski definition) is 1. The van der Waals surface area contributed by atoms with Crippen LogP contribution in [0.25, 0.3) is 11.1 Å². The van der Waals surface area contributed by atoms with Gasteiger partial charge in [-0.15, -0.1) is 0 Å². The first-order valence-corrected chi connectivity index (χ1v) is 13.4. The van der Waals surface area contributed by atoms with Gasteiger partial charge in [0.05, 0.1) is 5.92 Å². The zero-order valence-electron chi connectivity index (χ0n) is 22.0. The van der Waals surface area contributed by atoms with Crippen molar-refractivity contribution >= 4 is 5.97 Å². The van der Waals surface area contributed by atoms with Crippen LogP contribution >= 0.6 is 0 Å². The average molecular weight is 536 g/mol. The quantitative estimate of drug-likeness (QED) is 0.384. The number of ether oxygens (including phenoxy) is 3. The lowest BCUT2D eigenvalue weighted by molar-refractivity contribution is -0.139. The molecule has 8 heteroatoms. The van der Waals surface area contributed by atoms with Crippen molar-refractivity contribution < 1.29 is 32.9 Å². The van der Waals surface area contributed by atoms with E-state index in [9.17, 15) is 18.7 Å². The third kappa shape index (κ3) is 4.98. The predicted molar refractivity (Wildman–Crippen MR) is 140 cm³/mol. The predicted octanol–water partition coefficient (Wildman–Crippen LogP) is 5.95. The van der Waals surface area contributed by atoms with Crippen molar-refractivity contribution in [3.05, 3.63) is 76.2 Å². The maximum Gasteiger partial charge on any atom is 0.307 e. The number of alkyl halides is 1. The van der Waals surface area contributed by atoms with E-state index in [0.717, 1.165) is 33.4 Å². The first kappa shape index (κ1) is 25.7. The molecule has 0 amide bonds. The molecule has 6 nitrogen and oxygen atoms in total. The van der Waals surface area contributed by atoms with Crippen LogP contribution in [-0.2, 0) is 22.6 Å². The van der Waals surface area contributed by atoms with Crippen molar-refractivity contribution in [3.8, 4) is 22.8 Å². The summed E-state index contributed by atoms with van der Waals surface area (Å²) in [4.78, 5) is 15.7. The van der Waals surface area contributed by atoms with Gasteiger partial charge in [0.1, 0.15) is 30.4 Å². The molecule has 0 bridgehead atoms. The highest BCUT2D eigenvalue weighted by Gasteiger charge is 2.59. The Bertz CT molecular complexity index is 1410. The maximum atomic E-state index is 14.9. The summed E-state index contributed by atoms with van der Waals surface area (Å²) in [6, 6.07) is 10.6. The smallest absolute Gasteiger partial charge is 0.307 e. The van der Waals surface area contributed by atoms with E-state index in [-0.39, 0.29) is 36.8 Å². The number of aryl methyl sites for hydroxylation is 2. The summed E-state index contributed by atoms with van der Waals surface area (Å²) in [7, 11) is 0. The molecule has 1 aliphatic heterocycles. The standard InChI is InChI=1S/C31H31F2NO5/c1-17-9-22(39-16-31(33)5-7-37-8-6-31)10-18(2)27(17)19-3-4-25(32)21(11-19)15-38-26-13-20-12-23-28(24(20)14-34-26)29(23)30(35)36/h3-4,9-11,13-14,23,28-29H,5-8,12,15-16H2,1-2H3,(H,35,36). The molecule has 1 N–H and O–H groups in total. The summed E-state index contributed by atoms with van der Waals surface area (Å²) in [6.45, 7) is 4.74. The molecule has 204 valence electrons. The number of carboxylic acid groups (broad SMARTS) is 1. The second kappa shape index (κ2) is 9.90. The molecule has 3 aliphatic rings. The van der Waals surface area contributed by atoms with Crippen molar-refractivity contribution in [1.29, 1.82) is 0 Å². The van der Waals surface area contributed by atoms with Gasteiger partial charge in [-0.25, -0.2) is 13.8 Å². The lowest BCUT2D eigenvalue weighted by Gasteiger charge is -2.29. The molecule has 39 heavy (non-hydrogen) atoms. The number of aliphatic carboxylic acids is 1. The van der Waals surface area contributed by atoms with Crippen LogP contribution in [0.15, 0.2) is 42.6 Å². The third-order valence-electron chi connectivity index (χ3n) is 8.37. The second-order valence-corrected chi connectivity index (χ2v) is 11.1. The summed E-state index contributed by atoms with van der Waals surface area (Å²) in [5, 5.41) is 9.31. The van der Waals surface area contributed by atoms with Crippen LogP contribution in [0.4, 0.5) is 8.78 Å². The number of fused-ring (bicyclic) bond motifs is 3. The summed E-state index contributed by atoms with van der Waals surface area (Å²) in [5.74, 6) is -0.215. The lowest BCUT2D eigenvalue weighted by Crippen LogP contribution is -2.37. The lowest BCUT2D eigenvalue weighted by atomic mass is 9.94. The molecular weight excluding hydrogens is 504 g/mol. The highest BCUT2D eigenvalue weighted by Crippen LogP contribution is 2.61. The number of carbonyl (C=O) groups is 1. The van der Waals surface area contributed by atoms with Gasteiger partial charge in [-0.1, -0.05) is 6.07 Å². The molecular formula is C31H31F2NO5. The summed E-state index contributed by atoms with van der Waals surface area (Å²) >= 11 is 0.